The zero-order chi connectivity index (χ0) is 12.3. The second-order valence-electron chi connectivity index (χ2n) is 5.07. The maximum absolute atomic E-state index is 12.1. The van der Waals surface area contributed by atoms with Crippen LogP contribution in [0.4, 0.5) is 0 Å². The van der Waals surface area contributed by atoms with E-state index in [-0.39, 0.29) is 24.0 Å². The van der Waals surface area contributed by atoms with Gasteiger partial charge in [0.25, 0.3) is 0 Å². The number of aliphatic hydroxyl groups excluding tert-OH is 1. The van der Waals surface area contributed by atoms with Gasteiger partial charge in [0.1, 0.15) is 0 Å². The van der Waals surface area contributed by atoms with Gasteiger partial charge in [-0.15, -0.1) is 0 Å². The average Bonchev–Trinajstić information content (AvgIpc) is 2.34. The molecule has 0 saturated carbocycles. The Bertz CT molecular complexity index is 266. The summed E-state index contributed by atoms with van der Waals surface area (Å²) in [7, 11) is 0. The number of likely N-dealkylation sites (tertiary alicyclic amines) is 1. The van der Waals surface area contributed by atoms with Gasteiger partial charge in [0.15, 0.2) is 0 Å². The molecule has 2 heterocycles. The van der Waals surface area contributed by atoms with Gasteiger partial charge in [-0.2, -0.15) is 0 Å². The van der Waals surface area contributed by atoms with Crippen LogP contribution in [0.15, 0.2) is 0 Å². The smallest absolute Gasteiger partial charge is 0.225 e. The molecule has 2 rings (SSSR count). The van der Waals surface area contributed by atoms with Crippen molar-refractivity contribution >= 4 is 5.91 Å². The third-order valence-corrected chi connectivity index (χ3v) is 3.62. The van der Waals surface area contributed by atoms with Crippen molar-refractivity contribution in [1.82, 2.24) is 10.2 Å². The zero-order valence-electron chi connectivity index (χ0n) is 10.4. The van der Waals surface area contributed by atoms with Crippen molar-refractivity contribution in [3.8, 4) is 0 Å². The van der Waals surface area contributed by atoms with Crippen LogP contribution in [-0.2, 0) is 9.53 Å². The molecule has 98 valence electrons. The standard InChI is InChI=1S/C12H22N2O3/c1-9-8-14(4-2-11(9)15)12(16)6-10-7-13-3-5-17-10/h9-11,13,15H,2-8H2,1H3. The highest BCUT2D eigenvalue weighted by molar-refractivity contribution is 5.76. The van der Waals surface area contributed by atoms with Crippen LogP contribution < -0.4 is 5.32 Å². The molecule has 2 aliphatic heterocycles. The Labute approximate surface area is 102 Å². The summed E-state index contributed by atoms with van der Waals surface area (Å²) in [6.07, 6.45) is 0.900. The number of aliphatic hydroxyl groups is 1. The number of rotatable bonds is 2. The van der Waals surface area contributed by atoms with Gasteiger partial charge in [-0.3, -0.25) is 4.79 Å². The number of piperidine rings is 1. The van der Waals surface area contributed by atoms with Gasteiger partial charge in [-0.25, -0.2) is 0 Å². The van der Waals surface area contributed by atoms with Gasteiger partial charge < -0.3 is 20.1 Å². The lowest BCUT2D eigenvalue weighted by Gasteiger charge is -2.35. The average molecular weight is 242 g/mol. The molecule has 0 aliphatic carbocycles. The number of hydrogen-bond acceptors (Lipinski definition) is 4. The van der Waals surface area contributed by atoms with E-state index in [2.05, 4.69) is 5.32 Å². The first-order valence-electron chi connectivity index (χ1n) is 6.45. The number of carbonyl (C=O) groups is 1. The van der Waals surface area contributed by atoms with E-state index in [1.165, 1.54) is 0 Å². The first-order chi connectivity index (χ1) is 8.16. The summed E-state index contributed by atoms with van der Waals surface area (Å²) >= 11 is 0. The number of morpholine rings is 1. The molecule has 3 atom stereocenters. The van der Waals surface area contributed by atoms with Crippen LogP contribution in [0.2, 0.25) is 0 Å². The molecule has 17 heavy (non-hydrogen) atoms. The fourth-order valence-electron chi connectivity index (χ4n) is 2.43. The predicted molar refractivity (Wildman–Crippen MR) is 63.6 cm³/mol. The minimum Gasteiger partial charge on any atom is -0.393 e. The Kier molecular flexibility index (Phi) is 4.36. The van der Waals surface area contributed by atoms with Gasteiger partial charge in [-0.05, 0) is 12.3 Å². The molecule has 0 aromatic carbocycles. The SMILES string of the molecule is CC1CN(C(=O)CC2CNCCO2)CCC1O. The second-order valence-corrected chi connectivity index (χ2v) is 5.07. The van der Waals surface area contributed by atoms with Crippen molar-refractivity contribution in [2.24, 2.45) is 5.92 Å². The summed E-state index contributed by atoms with van der Waals surface area (Å²) < 4.78 is 5.53. The van der Waals surface area contributed by atoms with Crippen molar-refractivity contribution < 1.29 is 14.6 Å². The molecular weight excluding hydrogens is 220 g/mol. The van der Waals surface area contributed by atoms with Crippen LogP contribution in [0.25, 0.3) is 0 Å². The summed E-state index contributed by atoms with van der Waals surface area (Å²) in [5.74, 6) is 0.329. The van der Waals surface area contributed by atoms with Crippen LogP contribution in [0, 0.1) is 5.92 Å². The third kappa shape index (κ3) is 3.40. The van der Waals surface area contributed by atoms with E-state index in [1.54, 1.807) is 0 Å². The molecule has 0 radical (unpaired) electrons. The molecule has 0 bridgehead atoms. The third-order valence-electron chi connectivity index (χ3n) is 3.62. The Hall–Kier alpha value is -0.650. The van der Waals surface area contributed by atoms with Gasteiger partial charge in [0.05, 0.1) is 25.2 Å². The monoisotopic (exact) mass is 242 g/mol. The molecule has 0 aromatic rings. The van der Waals surface area contributed by atoms with E-state index in [0.29, 0.717) is 32.5 Å². The topological polar surface area (TPSA) is 61.8 Å². The zero-order valence-corrected chi connectivity index (χ0v) is 10.4. The summed E-state index contributed by atoms with van der Waals surface area (Å²) in [6, 6.07) is 0. The molecule has 2 N–H and O–H groups in total. The molecule has 2 aliphatic rings. The summed E-state index contributed by atoms with van der Waals surface area (Å²) in [6.45, 7) is 5.65. The van der Waals surface area contributed by atoms with E-state index in [0.717, 1.165) is 13.1 Å². The molecule has 2 saturated heterocycles. The molecule has 2 fully saturated rings. The molecule has 0 aromatic heterocycles. The first kappa shape index (κ1) is 12.8. The Morgan fingerprint density at radius 1 is 1.59 bits per heavy atom. The largest absolute Gasteiger partial charge is 0.393 e. The van der Waals surface area contributed by atoms with E-state index >= 15 is 0 Å². The summed E-state index contributed by atoms with van der Waals surface area (Å²) in [4.78, 5) is 13.9. The molecule has 3 unspecified atom stereocenters. The van der Waals surface area contributed by atoms with Gasteiger partial charge >= 0.3 is 0 Å². The first-order valence-corrected chi connectivity index (χ1v) is 6.45. The van der Waals surface area contributed by atoms with Gasteiger partial charge in [0.2, 0.25) is 5.91 Å². The molecule has 0 spiro atoms. The minimum absolute atomic E-state index is 0.0124. The van der Waals surface area contributed by atoms with Crippen LogP contribution >= 0.6 is 0 Å². The van der Waals surface area contributed by atoms with Crippen molar-refractivity contribution in [2.45, 2.75) is 32.0 Å². The minimum atomic E-state index is -0.258. The van der Waals surface area contributed by atoms with Crippen molar-refractivity contribution in [3.05, 3.63) is 0 Å². The van der Waals surface area contributed by atoms with E-state index < -0.39 is 0 Å². The van der Waals surface area contributed by atoms with Crippen LogP contribution in [0.5, 0.6) is 0 Å². The molecule has 5 heteroatoms. The fraction of sp³-hybridized carbons (Fsp3) is 0.917. The maximum atomic E-state index is 12.1. The lowest BCUT2D eigenvalue weighted by molar-refractivity contribution is -0.138. The highest BCUT2D eigenvalue weighted by Crippen LogP contribution is 2.18. The summed E-state index contributed by atoms with van der Waals surface area (Å²) in [5, 5.41) is 12.8. The van der Waals surface area contributed by atoms with Crippen molar-refractivity contribution in [3.63, 3.8) is 0 Å². The molecule has 5 nitrogen and oxygen atoms in total. The number of hydrogen-bond donors (Lipinski definition) is 2. The fourth-order valence-corrected chi connectivity index (χ4v) is 2.43. The predicted octanol–water partition coefficient (Wildman–Crippen LogP) is -0.406. The second kappa shape index (κ2) is 5.80. The number of nitrogens with one attached hydrogen (secondary N) is 1. The lowest BCUT2D eigenvalue weighted by Crippen LogP contribution is -2.47. The van der Waals surface area contributed by atoms with Crippen LogP contribution in [-0.4, -0.2) is 60.9 Å². The number of carbonyl (C=O) groups excluding carboxylic acids is 1. The quantitative estimate of drug-likeness (QED) is 0.691. The number of amides is 1. The summed E-state index contributed by atoms with van der Waals surface area (Å²) in [5.41, 5.74) is 0. The Morgan fingerprint density at radius 3 is 3.06 bits per heavy atom. The Morgan fingerprint density at radius 2 is 2.41 bits per heavy atom. The van der Waals surface area contributed by atoms with Gasteiger partial charge in [0, 0.05) is 26.2 Å². The van der Waals surface area contributed by atoms with E-state index in [4.69, 9.17) is 4.74 Å². The maximum Gasteiger partial charge on any atom is 0.225 e. The molecule has 1 amide bonds. The highest BCUT2D eigenvalue weighted by atomic mass is 16.5. The highest BCUT2D eigenvalue weighted by Gasteiger charge is 2.28. The van der Waals surface area contributed by atoms with Crippen LogP contribution in [0.1, 0.15) is 19.8 Å². The molecular formula is C12H22N2O3. The van der Waals surface area contributed by atoms with Crippen molar-refractivity contribution in [2.75, 3.05) is 32.8 Å². The Balaban J connectivity index is 1.79. The normalized spacial score (nSPS) is 34.7. The lowest BCUT2D eigenvalue weighted by atomic mass is 9.96. The van der Waals surface area contributed by atoms with E-state index in [1.807, 2.05) is 11.8 Å². The van der Waals surface area contributed by atoms with E-state index in [9.17, 15) is 9.90 Å². The number of nitrogens with zero attached hydrogens (tertiary/aromatic N) is 1. The van der Waals surface area contributed by atoms with Crippen LogP contribution in [0.3, 0.4) is 0 Å². The van der Waals surface area contributed by atoms with Crippen molar-refractivity contribution in [1.29, 1.82) is 0 Å². The number of ether oxygens (including phenoxy) is 1. The van der Waals surface area contributed by atoms with Gasteiger partial charge in [-0.1, -0.05) is 6.92 Å².